The number of carbonyl (C=O) groups excluding carboxylic acids is 2. The average molecular weight is 402 g/mol. The van der Waals surface area contributed by atoms with Crippen molar-refractivity contribution in [1.29, 1.82) is 0 Å². The van der Waals surface area contributed by atoms with Crippen LogP contribution in [-0.2, 0) is 9.53 Å². The van der Waals surface area contributed by atoms with Crippen molar-refractivity contribution in [3.8, 4) is 11.3 Å². The van der Waals surface area contributed by atoms with Gasteiger partial charge in [0.05, 0.1) is 29.3 Å². The van der Waals surface area contributed by atoms with Gasteiger partial charge >= 0.3 is 5.97 Å². The van der Waals surface area contributed by atoms with Gasteiger partial charge in [-0.25, -0.2) is 4.98 Å². The van der Waals surface area contributed by atoms with Crippen LogP contribution in [0.4, 0.5) is 0 Å². The van der Waals surface area contributed by atoms with Crippen LogP contribution in [0.1, 0.15) is 35.7 Å². The molecule has 0 spiro atoms. The van der Waals surface area contributed by atoms with E-state index in [-0.39, 0.29) is 17.8 Å². The third-order valence-electron chi connectivity index (χ3n) is 5.67. The number of rotatable bonds is 4. The summed E-state index contributed by atoms with van der Waals surface area (Å²) in [7, 11) is 0. The number of pyridine rings is 1. The molecule has 4 rings (SSSR count). The highest BCUT2D eigenvalue weighted by Crippen LogP contribution is 2.28. The van der Waals surface area contributed by atoms with Crippen LogP contribution in [0.2, 0.25) is 0 Å². The summed E-state index contributed by atoms with van der Waals surface area (Å²) in [5, 5.41) is 0.868. The van der Waals surface area contributed by atoms with E-state index in [0.717, 1.165) is 27.7 Å². The summed E-state index contributed by atoms with van der Waals surface area (Å²) in [6, 6.07) is 17.8. The average Bonchev–Trinajstić information content (AvgIpc) is 2.79. The van der Waals surface area contributed by atoms with Gasteiger partial charge in [0.2, 0.25) is 0 Å². The Bertz CT molecular complexity index is 1070. The Morgan fingerprint density at radius 3 is 2.50 bits per heavy atom. The molecule has 1 aliphatic heterocycles. The largest absolute Gasteiger partial charge is 0.466 e. The lowest BCUT2D eigenvalue weighted by atomic mass is 9.95. The smallest absolute Gasteiger partial charge is 0.309 e. The normalized spacial score (nSPS) is 14.7. The third kappa shape index (κ3) is 4.06. The molecule has 5 nitrogen and oxygen atoms in total. The summed E-state index contributed by atoms with van der Waals surface area (Å²) >= 11 is 0. The summed E-state index contributed by atoms with van der Waals surface area (Å²) in [4.78, 5) is 32.2. The molecule has 1 aliphatic rings. The first-order valence-electron chi connectivity index (χ1n) is 10.5. The molecule has 1 amide bonds. The number of amides is 1. The van der Waals surface area contributed by atoms with Gasteiger partial charge in [-0.15, -0.1) is 0 Å². The Balaban J connectivity index is 1.66. The highest BCUT2D eigenvalue weighted by molar-refractivity contribution is 6.07. The van der Waals surface area contributed by atoms with Gasteiger partial charge in [0.1, 0.15) is 0 Å². The zero-order chi connectivity index (χ0) is 21.1. The first kappa shape index (κ1) is 20.1. The second-order valence-electron chi connectivity index (χ2n) is 7.76. The molecule has 154 valence electrons. The lowest BCUT2D eigenvalue weighted by Crippen LogP contribution is -2.40. The van der Waals surface area contributed by atoms with Crippen LogP contribution in [0.15, 0.2) is 54.6 Å². The van der Waals surface area contributed by atoms with Crippen molar-refractivity contribution in [3.05, 3.63) is 65.7 Å². The molecule has 0 aliphatic carbocycles. The van der Waals surface area contributed by atoms with E-state index in [9.17, 15) is 9.59 Å². The molecule has 1 aromatic heterocycles. The van der Waals surface area contributed by atoms with Gasteiger partial charge in [-0.05, 0) is 44.9 Å². The first-order valence-corrected chi connectivity index (χ1v) is 10.5. The Kier molecular flexibility index (Phi) is 5.79. The monoisotopic (exact) mass is 402 g/mol. The van der Waals surface area contributed by atoms with E-state index in [1.165, 1.54) is 0 Å². The second kappa shape index (κ2) is 8.66. The number of piperidine rings is 1. The fourth-order valence-electron chi connectivity index (χ4n) is 4.02. The van der Waals surface area contributed by atoms with Crippen LogP contribution in [0.5, 0.6) is 0 Å². The number of carbonyl (C=O) groups is 2. The quantitative estimate of drug-likeness (QED) is 0.597. The molecule has 1 saturated heterocycles. The van der Waals surface area contributed by atoms with Crippen LogP contribution in [0.3, 0.4) is 0 Å². The molecule has 0 unspecified atom stereocenters. The van der Waals surface area contributed by atoms with Gasteiger partial charge < -0.3 is 9.64 Å². The molecule has 0 N–H and O–H groups in total. The number of fused-ring (bicyclic) bond motifs is 1. The highest BCUT2D eigenvalue weighted by Gasteiger charge is 2.29. The van der Waals surface area contributed by atoms with Crippen molar-refractivity contribution in [2.24, 2.45) is 5.92 Å². The van der Waals surface area contributed by atoms with Crippen molar-refractivity contribution in [1.82, 2.24) is 9.88 Å². The Morgan fingerprint density at radius 1 is 1.07 bits per heavy atom. The Labute approximate surface area is 176 Å². The standard InChI is InChI=1S/C25H26N2O3/c1-3-30-25(29)19-11-13-27(14-12-19)24(28)21-16-23(18-7-5-4-6-8-18)26-22-10-9-17(2)15-20(21)22/h4-10,15-16,19H,3,11-14H2,1-2H3. The molecule has 30 heavy (non-hydrogen) atoms. The molecule has 0 radical (unpaired) electrons. The topological polar surface area (TPSA) is 59.5 Å². The van der Waals surface area contributed by atoms with Crippen molar-refractivity contribution >= 4 is 22.8 Å². The number of hydrogen-bond acceptors (Lipinski definition) is 4. The predicted octanol–water partition coefficient (Wildman–Crippen LogP) is 4.63. The molecule has 0 bridgehead atoms. The van der Waals surface area contributed by atoms with E-state index in [2.05, 4.69) is 0 Å². The van der Waals surface area contributed by atoms with Crippen LogP contribution < -0.4 is 0 Å². The Hall–Kier alpha value is -3.21. The maximum atomic E-state index is 13.5. The first-order chi connectivity index (χ1) is 14.6. The van der Waals surface area contributed by atoms with E-state index < -0.39 is 0 Å². The maximum Gasteiger partial charge on any atom is 0.309 e. The number of nitrogens with zero attached hydrogens (tertiary/aromatic N) is 2. The Morgan fingerprint density at radius 2 is 1.80 bits per heavy atom. The summed E-state index contributed by atoms with van der Waals surface area (Å²) in [6.45, 7) is 5.33. The van der Waals surface area contributed by atoms with Crippen molar-refractivity contribution in [3.63, 3.8) is 0 Å². The van der Waals surface area contributed by atoms with E-state index in [1.807, 2.05) is 73.3 Å². The van der Waals surface area contributed by atoms with Crippen LogP contribution in [0, 0.1) is 12.8 Å². The number of aromatic nitrogens is 1. The molecular formula is C25H26N2O3. The SMILES string of the molecule is CCOC(=O)C1CCN(C(=O)c2cc(-c3ccccc3)nc3ccc(C)cc23)CC1. The van der Waals surface area contributed by atoms with Gasteiger partial charge in [0.25, 0.3) is 5.91 Å². The number of likely N-dealkylation sites (tertiary alicyclic amines) is 1. The van der Waals surface area contributed by atoms with Crippen molar-refractivity contribution in [2.75, 3.05) is 19.7 Å². The molecule has 1 fully saturated rings. The molecule has 2 aromatic carbocycles. The van der Waals surface area contributed by atoms with E-state index >= 15 is 0 Å². The number of esters is 1. The van der Waals surface area contributed by atoms with Crippen molar-refractivity contribution < 1.29 is 14.3 Å². The summed E-state index contributed by atoms with van der Waals surface area (Å²) in [6.07, 6.45) is 1.27. The summed E-state index contributed by atoms with van der Waals surface area (Å²) in [5.74, 6) is -0.279. The minimum absolute atomic E-state index is 0.00695. The summed E-state index contributed by atoms with van der Waals surface area (Å²) in [5.41, 5.74) is 4.34. The molecule has 0 atom stereocenters. The fourth-order valence-corrected chi connectivity index (χ4v) is 4.02. The lowest BCUT2D eigenvalue weighted by molar-refractivity contribution is -0.149. The van der Waals surface area contributed by atoms with Gasteiger partial charge in [-0.2, -0.15) is 0 Å². The fraction of sp³-hybridized carbons (Fsp3) is 0.320. The van der Waals surface area contributed by atoms with E-state index in [0.29, 0.717) is 38.1 Å². The molecular weight excluding hydrogens is 376 g/mol. The second-order valence-corrected chi connectivity index (χ2v) is 7.76. The van der Waals surface area contributed by atoms with Gasteiger partial charge in [-0.1, -0.05) is 42.0 Å². The summed E-state index contributed by atoms with van der Waals surface area (Å²) < 4.78 is 5.15. The zero-order valence-electron chi connectivity index (χ0n) is 17.4. The maximum absolute atomic E-state index is 13.5. The van der Waals surface area contributed by atoms with Gasteiger partial charge in [-0.3, -0.25) is 9.59 Å². The van der Waals surface area contributed by atoms with Gasteiger partial charge in [0.15, 0.2) is 0 Å². The molecule has 5 heteroatoms. The minimum Gasteiger partial charge on any atom is -0.466 e. The zero-order valence-corrected chi connectivity index (χ0v) is 17.4. The van der Waals surface area contributed by atoms with Gasteiger partial charge in [0, 0.05) is 24.0 Å². The number of aryl methyl sites for hydroxylation is 1. The van der Waals surface area contributed by atoms with Crippen molar-refractivity contribution in [2.45, 2.75) is 26.7 Å². The van der Waals surface area contributed by atoms with E-state index in [4.69, 9.17) is 9.72 Å². The van der Waals surface area contributed by atoms with E-state index in [1.54, 1.807) is 0 Å². The highest BCUT2D eigenvalue weighted by atomic mass is 16.5. The molecule has 2 heterocycles. The molecule has 0 saturated carbocycles. The third-order valence-corrected chi connectivity index (χ3v) is 5.67. The van der Waals surface area contributed by atoms with Crippen LogP contribution >= 0.6 is 0 Å². The van der Waals surface area contributed by atoms with Crippen LogP contribution in [-0.4, -0.2) is 41.5 Å². The number of benzene rings is 2. The van der Waals surface area contributed by atoms with Crippen LogP contribution in [0.25, 0.3) is 22.2 Å². The number of ether oxygens (including phenoxy) is 1. The number of hydrogen-bond donors (Lipinski definition) is 0. The molecule has 3 aromatic rings. The predicted molar refractivity (Wildman–Crippen MR) is 117 cm³/mol. The minimum atomic E-state index is -0.152. The lowest BCUT2D eigenvalue weighted by Gasteiger charge is -2.31.